The highest BCUT2D eigenvalue weighted by molar-refractivity contribution is 7.09. The monoisotopic (exact) mass is 182 g/mol. The second kappa shape index (κ2) is 5.12. The molecule has 1 unspecified atom stereocenters. The van der Waals surface area contributed by atoms with Crippen LogP contribution in [-0.2, 0) is 6.42 Å². The largest absolute Gasteiger partial charge is 0.393 e. The Labute approximate surface area is 77.4 Å². The number of thiophene rings is 1. The van der Waals surface area contributed by atoms with E-state index in [4.69, 9.17) is 0 Å². The third kappa shape index (κ3) is 3.20. The molecule has 0 amide bonds. The molecular weight excluding hydrogens is 168 g/mol. The number of aliphatic hydroxyl groups is 1. The first-order chi connectivity index (χ1) is 5.83. The lowest BCUT2D eigenvalue weighted by atomic mass is 10.1. The van der Waals surface area contributed by atoms with Gasteiger partial charge in [-0.25, -0.2) is 0 Å². The Bertz CT molecular complexity index is 216. The normalized spacial score (nSPS) is 12.8. The summed E-state index contributed by atoms with van der Waals surface area (Å²) in [6.45, 7) is 3.59. The molecule has 0 aliphatic rings. The van der Waals surface area contributed by atoms with Gasteiger partial charge in [0, 0.05) is 4.88 Å². The van der Waals surface area contributed by atoms with E-state index in [-0.39, 0.29) is 6.10 Å². The van der Waals surface area contributed by atoms with Gasteiger partial charge in [-0.1, -0.05) is 12.1 Å². The Morgan fingerprint density at radius 1 is 1.67 bits per heavy atom. The van der Waals surface area contributed by atoms with Crippen molar-refractivity contribution in [1.29, 1.82) is 0 Å². The van der Waals surface area contributed by atoms with Crippen LogP contribution >= 0.6 is 11.3 Å². The van der Waals surface area contributed by atoms with Crippen LogP contribution in [0.4, 0.5) is 0 Å². The van der Waals surface area contributed by atoms with E-state index in [0.29, 0.717) is 6.42 Å². The minimum Gasteiger partial charge on any atom is -0.393 e. The SMILES string of the molecule is C=CCC(O)CCc1cccs1. The molecule has 0 aromatic carbocycles. The van der Waals surface area contributed by atoms with Crippen molar-refractivity contribution in [3.63, 3.8) is 0 Å². The molecule has 1 atom stereocenters. The molecule has 0 fully saturated rings. The third-order valence-corrected chi connectivity index (χ3v) is 2.68. The zero-order chi connectivity index (χ0) is 8.81. The van der Waals surface area contributed by atoms with E-state index in [0.717, 1.165) is 12.8 Å². The van der Waals surface area contributed by atoms with Crippen molar-refractivity contribution in [2.75, 3.05) is 0 Å². The van der Waals surface area contributed by atoms with Crippen LogP contribution in [0.2, 0.25) is 0 Å². The Morgan fingerprint density at radius 2 is 2.50 bits per heavy atom. The van der Waals surface area contributed by atoms with Crippen molar-refractivity contribution in [3.8, 4) is 0 Å². The van der Waals surface area contributed by atoms with E-state index in [1.807, 2.05) is 6.07 Å². The van der Waals surface area contributed by atoms with Crippen LogP contribution in [0.25, 0.3) is 0 Å². The Kier molecular flexibility index (Phi) is 4.05. The van der Waals surface area contributed by atoms with Crippen LogP contribution in [0, 0.1) is 0 Å². The van der Waals surface area contributed by atoms with E-state index < -0.39 is 0 Å². The number of rotatable bonds is 5. The first kappa shape index (κ1) is 9.49. The van der Waals surface area contributed by atoms with Crippen LogP contribution in [0.3, 0.4) is 0 Å². The van der Waals surface area contributed by atoms with Gasteiger partial charge in [-0.05, 0) is 30.7 Å². The van der Waals surface area contributed by atoms with Gasteiger partial charge < -0.3 is 5.11 Å². The summed E-state index contributed by atoms with van der Waals surface area (Å²) in [6, 6.07) is 4.14. The van der Waals surface area contributed by atoms with Crippen LogP contribution in [0.5, 0.6) is 0 Å². The van der Waals surface area contributed by atoms with Gasteiger partial charge in [-0.3, -0.25) is 0 Å². The molecule has 1 rings (SSSR count). The molecule has 0 saturated carbocycles. The lowest BCUT2D eigenvalue weighted by Crippen LogP contribution is -2.05. The lowest BCUT2D eigenvalue weighted by Gasteiger charge is -2.05. The molecule has 0 spiro atoms. The van der Waals surface area contributed by atoms with E-state index >= 15 is 0 Å². The van der Waals surface area contributed by atoms with E-state index in [9.17, 15) is 5.11 Å². The van der Waals surface area contributed by atoms with Crippen LogP contribution < -0.4 is 0 Å². The van der Waals surface area contributed by atoms with E-state index in [1.165, 1.54) is 4.88 Å². The van der Waals surface area contributed by atoms with Gasteiger partial charge in [-0.2, -0.15) is 0 Å². The zero-order valence-corrected chi connectivity index (χ0v) is 7.89. The Balaban J connectivity index is 2.21. The highest BCUT2D eigenvalue weighted by atomic mass is 32.1. The molecule has 66 valence electrons. The maximum atomic E-state index is 9.38. The summed E-state index contributed by atoms with van der Waals surface area (Å²) in [4.78, 5) is 1.35. The highest BCUT2D eigenvalue weighted by Gasteiger charge is 2.01. The molecule has 1 aromatic rings. The molecule has 1 nitrogen and oxygen atoms in total. The fourth-order valence-electron chi connectivity index (χ4n) is 1.07. The fourth-order valence-corrected chi connectivity index (χ4v) is 1.80. The van der Waals surface area contributed by atoms with E-state index in [2.05, 4.69) is 18.0 Å². The van der Waals surface area contributed by atoms with Crippen LogP contribution in [-0.4, -0.2) is 11.2 Å². The molecular formula is C10H14OS. The average molecular weight is 182 g/mol. The Morgan fingerprint density at radius 3 is 3.08 bits per heavy atom. The molecule has 1 aromatic heterocycles. The van der Waals surface area contributed by atoms with Crippen molar-refractivity contribution in [2.24, 2.45) is 0 Å². The average Bonchev–Trinajstić information content (AvgIpc) is 2.53. The topological polar surface area (TPSA) is 20.2 Å². The van der Waals surface area contributed by atoms with Gasteiger partial charge in [0.05, 0.1) is 6.10 Å². The van der Waals surface area contributed by atoms with Gasteiger partial charge in [0.1, 0.15) is 0 Å². The predicted octanol–water partition coefficient (Wildman–Crippen LogP) is 2.62. The smallest absolute Gasteiger partial charge is 0.0578 e. The van der Waals surface area contributed by atoms with Crippen molar-refractivity contribution in [3.05, 3.63) is 35.0 Å². The molecule has 2 heteroatoms. The van der Waals surface area contributed by atoms with Crippen LogP contribution in [0.15, 0.2) is 30.2 Å². The summed E-state index contributed by atoms with van der Waals surface area (Å²) in [5.41, 5.74) is 0. The lowest BCUT2D eigenvalue weighted by molar-refractivity contribution is 0.168. The van der Waals surface area contributed by atoms with Gasteiger partial charge in [0.25, 0.3) is 0 Å². The number of hydrogen-bond acceptors (Lipinski definition) is 2. The quantitative estimate of drug-likeness (QED) is 0.694. The van der Waals surface area contributed by atoms with Crippen molar-refractivity contribution in [1.82, 2.24) is 0 Å². The minimum absolute atomic E-state index is 0.218. The number of aryl methyl sites for hydroxylation is 1. The van der Waals surface area contributed by atoms with E-state index in [1.54, 1.807) is 17.4 Å². The summed E-state index contributed by atoms with van der Waals surface area (Å²) >= 11 is 1.75. The maximum absolute atomic E-state index is 9.38. The van der Waals surface area contributed by atoms with Crippen molar-refractivity contribution < 1.29 is 5.11 Å². The standard InChI is InChI=1S/C10H14OS/c1-2-4-9(11)6-7-10-5-3-8-12-10/h2-3,5,8-9,11H,1,4,6-7H2. The molecule has 12 heavy (non-hydrogen) atoms. The summed E-state index contributed by atoms with van der Waals surface area (Å²) in [7, 11) is 0. The number of aliphatic hydroxyl groups excluding tert-OH is 1. The highest BCUT2D eigenvalue weighted by Crippen LogP contribution is 2.12. The fraction of sp³-hybridized carbons (Fsp3) is 0.400. The molecule has 0 bridgehead atoms. The predicted molar refractivity (Wildman–Crippen MR) is 53.5 cm³/mol. The molecule has 1 N–H and O–H groups in total. The van der Waals surface area contributed by atoms with Crippen molar-refractivity contribution >= 4 is 11.3 Å². The van der Waals surface area contributed by atoms with Gasteiger partial charge in [-0.15, -0.1) is 17.9 Å². The second-order valence-corrected chi connectivity index (χ2v) is 3.83. The molecule has 0 radical (unpaired) electrons. The second-order valence-electron chi connectivity index (χ2n) is 2.80. The third-order valence-electron chi connectivity index (χ3n) is 1.74. The summed E-state index contributed by atoms with van der Waals surface area (Å²) < 4.78 is 0. The number of hydrogen-bond donors (Lipinski definition) is 1. The first-order valence-electron chi connectivity index (χ1n) is 4.14. The summed E-state index contributed by atoms with van der Waals surface area (Å²) in [6.07, 6.45) is 4.06. The maximum Gasteiger partial charge on any atom is 0.0578 e. The molecule has 0 aliphatic heterocycles. The van der Waals surface area contributed by atoms with Gasteiger partial charge >= 0.3 is 0 Å². The molecule has 1 heterocycles. The molecule has 0 saturated heterocycles. The van der Waals surface area contributed by atoms with Crippen LogP contribution in [0.1, 0.15) is 17.7 Å². The summed E-state index contributed by atoms with van der Waals surface area (Å²) in [5.74, 6) is 0. The molecule has 0 aliphatic carbocycles. The Hall–Kier alpha value is -0.600. The summed E-state index contributed by atoms with van der Waals surface area (Å²) in [5, 5.41) is 11.4. The zero-order valence-electron chi connectivity index (χ0n) is 7.07. The first-order valence-corrected chi connectivity index (χ1v) is 5.02. The minimum atomic E-state index is -0.218. The van der Waals surface area contributed by atoms with Gasteiger partial charge in [0.15, 0.2) is 0 Å². The van der Waals surface area contributed by atoms with Crippen molar-refractivity contribution in [2.45, 2.75) is 25.4 Å². The van der Waals surface area contributed by atoms with Gasteiger partial charge in [0.2, 0.25) is 0 Å².